The second-order valence-corrected chi connectivity index (χ2v) is 7.98. The average Bonchev–Trinajstić information content (AvgIpc) is 3.08. The molecule has 0 spiro atoms. The topological polar surface area (TPSA) is 130 Å². The van der Waals surface area contributed by atoms with Crippen LogP contribution in [0.5, 0.6) is 5.75 Å². The van der Waals surface area contributed by atoms with Crippen LogP contribution in [-0.4, -0.2) is 41.7 Å². The number of hydrogen-bond donors (Lipinski definition) is 2. The number of thiophene rings is 1. The first kappa shape index (κ1) is 19.8. The molecule has 26 heavy (non-hydrogen) atoms. The maximum absolute atomic E-state index is 12.6. The Kier molecular flexibility index (Phi) is 5.95. The monoisotopic (exact) mass is 399 g/mol. The van der Waals surface area contributed by atoms with Gasteiger partial charge in [0.1, 0.15) is 5.75 Å². The van der Waals surface area contributed by atoms with Crippen LogP contribution in [0.4, 0.5) is 10.7 Å². The van der Waals surface area contributed by atoms with E-state index in [2.05, 4.69) is 5.32 Å². The van der Waals surface area contributed by atoms with Crippen LogP contribution in [0.25, 0.3) is 0 Å². The maximum atomic E-state index is 12.6. The number of nitrogens with zero attached hydrogens (tertiary/aromatic N) is 2. The molecule has 0 saturated carbocycles. The largest absolute Gasteiger partial charge is 0.506 e. The summed E-state index contributed by atoms with van der Waals surface area (Å²) >= 11 is 0.793. The molecule has 1 heterocycles. The van der Waals surface area contributed by atoms with Gasteiger partial charge >= 0.3 is 5.00 Å². The molecule has 2 N–H and O–H groups in total. The Balaban J connectivity index is 2.32. The molecule has 0 unspecified atom stereocenters. The zero-order chi connectivity index (χ0) is 19.5. The second-order valence-electron chi connectivity index (χ2n) is 5.15. The molecule has 1 amide bonds. The molecule has 0 bridgehead atoms. The lowest BCUT2D eigenvalue weighted by molar-refractivity contribution is -0.380. The number of rotatable bonds is 7. The molecule has 11 heteroatoms. The third kappa shape index (κ3) is 4.00. The third-order valence-electron chi connectivity index (χ3n) is 3.59. The van der Waals surface area contributed by atoms with E-state index in [-0.39, 0.29) is 40.0 Å². The van der Waals surface area contributed by atoms with Crippen molar-refractivity contribution in [3.8, 4) is 5.75 Å². The molecule has 0 radical (unpaired) electrons. The number of phenolic OH excluding ortho intramolecular Hbond substituents is 1. The van der Waals surface area contributed by atoms with E-state index >= 15 is 0 Å². The summed E-state index contributed by atoms with van der Waals surface area (Å²) in [6, 6.07) is 4.67. The molecule has 140 valence electrons. The van der Waals surface area contributed by atoms with Gasteiger partial charge in [-0.25, -0.2) is 8.42 Å². The van der Waals surface area contributed by atoms with Crippen molar-refractivity contribution < 1.29 is 23.2 Å². The molecule has 0 fully saturated rings. The molecular weight excluding hydrogens is 382 g/mol. The van der Waals surface area contributed by atoms with Gasteiger partial charge in [-0.05, 0) is 18.2 Å². The van der Waals surface area contributed by atoms with Gasteiger partial charge in [0.15, 0.2) is 0 Å². The third-order valence-corrected chi connectivity index (χ3v) is 6.51. The fourth-order valence-electron chi connectivity index (χ4n) is 2.22. The van der Waals surface area contributed by atoms with Crippen LogP contribution in [0.1, 0.15) is 24.2 Å². The number of amides is 1. The molecule has 0 aliphatic heterocycles. The van der Waals surface area contributed by atoms with E-state index in [1.165, 1.54) is 21.8 Å². The summed E-state index contributed by atoms with van der Waals surface area (Å²) in [7, 11) is -3.76. The Hall–Kier alpha value is -2.50. The van der Waals surface area contributed by atoms with Crippen molar-refractivity contribution in [1.82, 2.24) is 4.31 Å². The predicted molar refractivity (Wildman–Crippen MR) is 97.1 cm³/mol. The number of anilines is 1. The van der Waals surface area contributed by atoms with Crippen LogP contribution in [0.15, 0.2) is 34.5 Å². The maximum Gasteiger partial charge on any atom is 0.324 e. The zero-order valence-corrected chi connectivity index (χ0v) is 15.6. The van der Waals surface area contributed by atoms with Crippen molar-refractivity contribution in [2.24, 2.45) is 0 Å². The van der Waals surface area contributed by atoms with E-state index in [1.807, 2.05) is 0 Å². The van der Waals surface area contributed by atoms with Crippen molar-refractivity contribution in [3.05, 3.63) is 45.3 Å². The molecule has 1 aromatic carbocycles. The number of nitro groups is 1. The molecule has 0 saturated heterocycles. The first-order valence-electron chi connectivity index (χ1n) is 7.58. The molecule has 1 aromatic heterocycles. The van der Waals surface area contributed by atoms with E-state index in [1.54, 1.807) is 13.8 Å². The standard InChI is InChI=1S/C15H17N3O6S2/c1-3-17(4-2)26(23,24)11-5-6-13(19)12(8-11)16-15(20)10-7-14(18(21)22)25-9-10/h5-9,19H,3-4H2,1-2H3,(H,16,20). The van der Waals surface area contributed by atoms with Crippen LogP contribution in [0.2, 0.25) is 0 Å². The van der Waals surface area contributed by atoms with Gasteiger partial charge in [0, 0.05) is 24.5 Å². The second kappa shape index (κ2) is 7.81. The number of nitrogens with one attached hydrogen (secondary N) is 1. The van der Waals surface area contributed by atoms with Gasteiger partial charge < -0.3 is 10.4 Å². The number of carbonyl (C=O) groups excluding carboxylic acids is 1. The molecule has 0 aliphatic rings. The minimum absolute atomic E-state index is 0.0399. The Morgan fingerprint density at radius 3 is 2.50 bits per heavy atom. The molecule has 0 aliphatic carbocycles. The zero-order valence-electron chi connectivity index (χ0n) is 14.0. The van der Waals surface area contributed by atoms with Crippen LogP contribution in [-0.2, 0) is 10.0 Å². The lowest BCUT2D eigenvalue weighted by Gasteiger charge is -2.19. The lowest BCUT2D eigenvalue weighted by atomic mass is 10.2. The van der Waals surface area contributed by atoms with Crippen molar-refractivity contribution in [1.29, 1.82) is 0 Å². The van der Waals surface area contributed by atoms with E-state index in [0.717, 1.165) is 23.5 Å². The Morgan fingerprint density at radius 2 is 1.96 bits per heavy atom. The first-order chi connectivity index (χ1) is 12.2. The van der Waals surface area contributed by atoms with Crippen molar-refractivity contribution in [3.63, 3.8) is 0 Å². The van der Waals surface area contributed by atoms with Crippen molar-refractivity contribution in [2.75, 3.05) is 18.4 Å². The minimum Gasteiger partial charge on any atom is -0.506 e. The molecule has 2 aromatic rings. The summed E-state index contributed by atoms with van der Waals surface area (Å²) in [6.45, 7) is 3.96. The van der Waals surface area contributed by atoms with E-state index in [9.17, 15) is 28.4 Å². The predicted octanol–water partition coefficient (Wildman–Crippen LogP) is 2.64. The van der Waals surface area contributed by atoms with Crippen molar-refractivity contribution in [2.45, 2.75) is 18.7 Å². The fourth-order valence-corrected chi connectivity index (χ4v) is 4.41. The van der Waals surface area contributed by atoms with Crippen LogP contribution < -0.4 is 5.32 Å². The molecule has 0 atom stereocenters. The molecule has 9 nitrogen and oxygen atoms in total. The van der Waals surface area contributed by atoms with E-state index < -0.39 is 20.9 Å². The Bertz CT molecular complexity index is 935. The molecular formula is C15H17N3O6S2. The van der Waals surface area contributed by atoms with E-state index in [4.69, 9.17) is 0 Å². The highest BCUT2D eigenvalue weighted by Crippen LogP contribution is 2.29. The van der Waals surface area contributed by atoms with Gasteiger partial charge in [-0.2, -0.15) is 4.31 Å². The SMILES string of the molecule is CCN(CC)S(=O)(=O)c1ccc(O)c(NC(=O)c2csc([N+](=O)[O-])c2)c1. The summed E-state index contributed by atoms with van der Waals surface area (Å²) in [5.74, 6) is -1.01. The summed E-state index contributed by atoms with van der Waals surface area (Å²) in [5.41, 5.74) is -0.0600. The summed E-state index contributed by atoms with van der Waals surface area (Å²) in [5, 5.41) is 24.1. The summed E-state index contributed by atoms with van der Waals surface area (Å²) < 4.78 is 26.3. The summed E-state index contributed by atoms with van der Waals surface area (Å²) in [4.78, 5) is 22.2. The lowest BCUT2D eigenvalue weighted by Crippen LogP contribution is -2.30. The number of sulfonamides is 1. The number of aromatic hydroxyl groups is 1. The molecule has 2 rings (SSSR count). The minimum atomic E-state index is -3.76. The van der Waals surface area contributed by atoms with Gasteiger partial charge in [0.25, 0.3) is 5.91 Å². The van der Waals surface area contributed by atoms with Gasteiger partial charge in [-0.3, -0.25) is 14.9 Å². The highest BCUT2D eigenvalue weighted by molar-refractivity contribution is 7.89. The highest BCUT2D eigenvalue weighted by atomic mass is 32.2. The Morgan fingerprint density at radius 1 is 1.31 bits per heavy atom. The van der Waals surface area contributed by atoms with Gasteiger partial charge in [0.05, 0.1) is 21.1 Å². The smallest absolute Gasteiger partial charge is 0.324 e. The number of hydrogen-bond acceptors (Lipinski definition) is 7. The van der Waals surface area contributed by atoms with Gasteiger partial charge in [-0.15, -0.1) is 0 Å². The van der Waals surface area contributed by atoms with Crippen LogP contribution >= 0.6 is 11.3 Å². The van der Waals surface area contributed by atoms with Gasteiger partial charge in [0.2, 0.25) is 10.0 Å². The van der Waals surface area contributed by atoms with Crippen LogP contribution in [0, 0.1) is 10.1 Å². The van der Waals surface area contributed by atoms with Crippen molar-refractivity contribution >= 4 is 38.0 Å². The highest BCUT2D eigenvalue weighted by Gasteiger charge is 2.23. The Labute approximate surface area is 154 Å². The van der Waals surface area contributed by atoms with Gasteiger partial charge in [-0.1, -0.05) is 25.2 Å². The van der Waals surface area contributed by atoms with Crippen LogP contribution in [0.3, 0.4) is 0 Å². The number of carbonyl (C=O) groups is 1. The quantitative estimate of drug-likeness (QED) is 0.418. The normalized spacial score (nSPS) is 11.5. The fraction of sp³-hybridized carbons (Fsp3) is 0.267. The first-order valence-corrected chi connectivity index (χ1v) is 9.90. The number of benzene rings is 1. The summed E-state index contributed by atoms with van der Waals surface area (Å²) in [6.07, 6.45) is 0. The van der Waals surface area contributed by atoms with E-state index in [0.29, 0.717) is 0 Å². The number of phenols is 1. The average molecular weight is 399 g/mol.